The first kappa shape index (κ1) is 17.7. The van der Waals surface area contributed by atoms with Crippen LogP contribution in [0.1, 0.15) is 80.6 Å². The first-order chi connectivity index (χ1) is 8.36. The van der Waals surface area contributed by atoms with Crippen molar-refractivity contribution in [3.63, 3.8) is 0 Å². The van der Waals surface area contributed by atoms with Crippen molar-refractivity contribution in [2.75, 3.05) is 0 Å². The van der Waals surface area contributed by atoms with Gasteiger partial charge in [-0.3, -0.25) is 0 Å². The van der Waals surface area contributed by atoms with E-state index in [-0.39, 0.29) is 0 Å². The lowest BCUT2D eigenvalue weighted by atomic mass is 9.88. The summed E-state index contributed by atoms with van der Waals surface area (Å²) in [4.78, 5) is 0. The molecule has 0 rings (SSSR count). The van der Waals surface area contributed by atoms with Crippen LogP contribution in [0.2, 0.25) is 0 Å². The average Bonchev–Trinajstić information content (AvgIpc) is 2.22. The van der Waals surface area contributed by atoms with Gasteiger partial charge in [0.05, 0.1) is 0 Å². The molecule has 0 aliphatic rings. The highest BCUT2D eigenvalue weighted by atomic mass is 14.2. The van der Waals surface area contributed by atoms with Crippen molar-refractivity contribution in [1.29, 1.82) is 0 Å². The molecule has 0 aliphatic carbocycles. The van der Waals surface area contributed by atoms with Crippen LogP contribution in [0.25, 0.3) is 0 Å². The maximum absolute atomic E-state index is 2.53. The van der Waals surface area contributed by atoms with E-state index in [1.165, 1.54) is 32.1 Å². The molecule has 0 nitrogen and oxygen atoms in total. The van der Waals surface area contributed by atoms with E-state index >= 15 is 0 Å². The van der Waals surface area contributed by atoms with Gasteiger partial charge < -0.3 is 0 Å². The van der Waals surface area contributed by atoms with E-state index in [2.05, 4.69) is 54.5 Å². The molecule has 0 amide bonds. The molecule has 0 heterocycles. The van der Waals surface area contributed by atoms with E-state index < -0.39 is 0 Å². The molecule has 108 valence electrons. The monoisotopic (exact) mass is 252 g/mol. The van der Waals surface area contributed by atoms with Gasteiger partial charge in [-0.2, -0.15) is 0 Å². The lowest BCUT2D eigenvalue weighted by Gasteiger charge is -2.18. The standard InChI is InChI=1S/C18H36/c1-8-18(17(7)13-15(4)5)11-9-10-16(6)12-14(2)3/h11,14-17H,8-10,12-13H2,1-7H3. The van der Waals surface area contributed by atoms with E-state index in [1.807, 2.05) is 0 Å². The molecule has 0 aromatic heterocycles. The van der Waals surface area contributed by atoms with Gasteiger partial charge in [0, 0.05) is 0 Å². The van der Waals surface area contributed by atoms with Crippen molar-refractivity contribution in [2.24, 2.45) is 23.7 Å². The molecule has 0 bridgehead atoms. The summed E-state index contributed by atoms with van der Waals surface area (Å²) in [6, 6.07) is 0. The molecule has 0 fully saturated rings. The summed E-state index contributed by atoms with van der Waals surface area (Å²) in [5.74, 6) is 3.31. The minimum absolute atomic E-state index is 0.774. The molecular weight excluding hydrogens is 216 g/mol. The van der Waals surface area contributed by atoms with Crippen LogP contribution < -0.4 is 0 Å². The maximum Gasteiger partial charge on any atom is -0.0229 e. The van der Waals surface area contributed by atoms with E-state index in [0.29, 0.717) is 0 Å². The molecule has 0 saturated heterocycles. The number of rotatable bonds is 9. The lowest BCUT2D eigenvalue weighted by molar-refractivity contribution is 0.416. The molecule has 0 N–H and O–H groups in total. The number of hydrogen-bond acceptors (Lipinski definition) is 0. The largest absolute Gasteiger partial charge is 0.0851 e. The smallest absolute Gasteiger partial charge is 0.0229 e. The van der Waals surface area contributed by atoms with Crippen molar-refractivity contribution < 1.29 is 0 Å². The fourth-order valence-electron chi connectivity index (χ4n) is 3.03. The summed E-state index contributed by atoms with van der Waals surface area (Å²) in [5, 5.41) is 0. The Hall–Kier alpha value is -0.260. The number of hydrogen-bond donors (Lipinski definition) is 0. The van der Waals surface area contributed by atoms with Gasteiger partial charge in [-0.05, 0) is 55.8 Å². The summed E-state index contributed by atoms with van der Waals surface area (Å²) in [6.45, 7) is 16.4. The van der Waals surface area contributed by atoms with Crippen LogP contribution in [0.5, 0.6) is 0 Å². The van der Waals surface area contributed by atoms with Crippen molar-refractivity contribution in [3.8, 4) is 0 Å². The molecule has 0 heteroatoms. The highest BCUT2D eigenvalue weighted by Gasteiger charge is 2.09. The molecule has 0 aliphatic heterocycles. The van der Waals surface area contributed by atoms with Gasteiger partial charge in [0.25, 0.3) is 0 Å². The summed E-state index contributed by atoms with van der Waals surface area (Å²) in [6.07, 6.45) is 9.10. The van der Waals surface area contributed by atoms with Crippen LogP contribution in [-0.4, -0.2) is 0 Å². The van der Waals surface area contributed by atoms with Crippen LogP contribution in [-0.2, 0) is 0 Å². The van der Waals surface area contributed by atoms with Gasteiger partial charge in [-0.25, -0.2) is 0 Å². The zero-order chi connectivity index (χ0) is 14.1. The SMILES string of the molecule is CCC(=CCCC(C)CC(C)C)C(C)CC(C)C. The molecule has 0 aromatic rings. The van der Waals surface area contributed by atoms with Crippen LogP contribution in [0.15, 0.2) is 11.6 Å². The van der Waals surface area contributed by atoms with Crippen LogP contribution in [0, 0.1) is 23.7 Å². The predicted octanol–water partition coefficient (Wildman–Crippen LogP) is 6.47. The highest BCUT2D eigenvalue weighted by Crippen LogP contribution is 2.24. The third-order valence-electron chi connectivity index (χ3n) is 3.81. The quantitative estimate of drug-likeness (QED) is 0.413. The second-order valence-electron chi connectivity index (χ2n) is 6.98. The topological polar surface area (TPSA) is 0 Å². The Bertz CT molecular complexity index is 222. The van der Waals surface area contributed by atoms with Gasteiger partial charge in [0.1, 0.15) is 0 Å². The predicted molar refractivity (Wildman–Crippen MR) is 84.8 cm³/mol. The van der Waals surface area contributed by atoms with E-state index in [9.17, 15) is 0 Å². The van der Waals surface area contributed by atoms with Gasteiger partial charge in [-0.1, -0.05) is 60.1 Å². The summed E-state index contributed by atoms with van der Waals surface area (Å²) in [7, 11) is 0. The molecule has 18 heavy (non-hydrogen) atoms. The van der Waals surface area contributed by atoms with Crippen molar-refractivity contribution in [3.05, 3.63) is 11.6 Å². The Morgan fingerprint density at radius 3 is 1.89 bits per heavy atom. The fourth-order valence-corrected chi connectivity index (χ4v) is 3.03. The zero-order valence-electron chi connectivity index (χ0n) is 13.9. The van der Waals surface area contributed by atoms with E-state index in [0.717, 1.165) is 23.7 Å². The van der Waals surface area contributed by atoms with Gasteiger partial charge >= 0.3 is 0 Å². The van der Waals surface area contributed by atoms with Gasteiger partial charge in [0.15, 0.2) is 0 Å². The molecule has 0 spiro atoms. The first-order valence-electron chi connectivity index (χ1n) is 8.05. The average molecular weight is 252 g/mol. The Balaban J connectivity index is 4.11. The highest BCUT2D eigenvalue weighted by molar-refractivity contribution is 5.05. The Morgan fingerprint density at radius 2 is 1.44 bits per heavy atom. The minimum Gasteiger partial charge on any atom is -0.0851 e. The van der Waals surface area contributed by atoms with Gasteiger partial charge in [0.2, 0.25) is 0 Å². The molecule has 2 unspecified atom stereocenters. The van der Waals surface area contributed by atoms with Crippen LogP contribution >= 0.6 is 0 Å². The number of allylic oxidation sites excluding steroid dienone is 2. The molecule has 0 radical (unpaired) electrons. The van der Waals surface area contributed by atoms with Gasteiger partial charge in [-0.15, -0.1) is 0 Å². The summed E-state index contributed by atoms with van der Waals surface area (Å²) < 4.78 is 0. The normalized spacial score (nSPS) is 16.4. The van der Waals surface area contributed by atoms with Crippen LogP contribution in [0.4, 0.5) is 0 Å². The summed E-state index contributed by atoms with van der Waals surface area (Å²) >= 11 is 0. The fraction of sp³-hybridized carbons (Fsp3) is 0.889. The minimum atomic E-state index is 0.774. The lowest BCUT2D eigenvalue weighted by Crippen LogP contribution is -2.04. The molecule has 2 atom stereocenters. The van der Waals surface area contributed by atoms with E-state index in [1.54, 1.807) is 5.57 Å². The van der Waals surface area contributed by atoms with Crippen molar-refractivity contribution in [2.45, 2.75) is 80.6 Å². The molecular formula is C18H36. The van der Waals surface area contributed by atoms with E-state index in [4.69, 9.17) is 0 Å². The third kappa shape index (κ3) is 8.78. The molecule has 0 saturated carbocycles. The first-order valence-corrected chi connectivity index (χ1v) is 8.05. The Kier molecular flexibility index (Phi) is 9.50. The van der Waals surface area contributed by atoms with Crippen LogP contribution in [0.3, 0.4) is 0 Å². The third-order valence-corrected chi connectivity index (χ3v) is 3.81. The molecule has 0 aromatic carbocycles. The second kappa shape index (κ2) is 9.64. The Morgan fingerprint density at radius 1 is 0.889 bits per heavy atom. The zero-order valence-corrected chi connectivity index (χ0v) is 13.9. The van der Waals surface area contributed by atoms with Crippen molar-refractivity contribution in [1.82, 2.24) is 0 Å². The second-order valence-corrected chi connectivity index (χ2v) is 6.98. The Labute approximate surface area is 116 Å². The summed E-state index contributed by atoms with van der Waals surface area (Å²) in [5.41, 5.74) is 1.68. The maximum atomic E-state index is 2.53. The van der Waals surface area contributed by atoms with Crippen molar-refractivity contribution >= 4 is 0 Å².